The Balaban J connectivity index is 2.46. The van der Waals surface area contributed by atoms with Gasteiger partial charge in [0.05, 0.1) is 25.4 Å². The van der Waals surface area contributed by atoms with Gasteiger partial charge in [0.15, 0.2) is 6.29 Å². The van der Waals surface area contributed by atoms with Gasteiger partial charge in [0.1, 0.15) is 36.6 Å². The molecule has 1 heterocycles. The van der Waals surface area contributed by atoms with Gasteiger partial charge in [0.25, 0.3) is 0 Å². The second-order valence-corrected chi connectivity index (χ2v) is 16.5. The highest BCUT2D eigenvalue weighted by Crippen LogP contribution is 2.23. The summed E-state index contributed by atoms with van der Waals surface area (Å²) < 4.78 is 11.1. The van der Waals surface area contributed by atoms with Crippen LogP contribution in [0.25, 0.3) is 0 Å². The Hall–Kier alpha value is -1.15. The molecule has 0 radical (unpaired) electrons. The number of amides is 1. The van der Waals surface area contributed by atoms with E-state index < -0.39 is 74.2 Å². The molecule has 332 valence electrons. The van der Waals surface area contributed by atoms with Crippen molar-refractivity contribution in [3.8, 4) is 0 Å². The van der Waals surface area contributed by atoms with E-state index in [1.807, 2.05) is 0 Å². The van der Waals surface area contributed by atoms with Gasteiger partial charge in [-0.15, -0.1) is 0 Å². The number of hydrogen-bond donors (Lipinski definition) is 8. The molecule has 0 saturated carbocycles. The maximum Gasteiger partial charge on any atom is 0.249 e. The fraction of sp³-hybridized carbons (Fsp3) is 0.933. The summed E-state index contributed by atoms with van der Waals surface area (Å²) in [5, 5.41) is 75.6. The smallest absolute Gasteiger partial charge is 0.249 e. The molecule has 1 saturated heterocycles. The minimum atomic E-state index is -1.66. The molecule has 0 spiro atoms. The van der Waals surface area contributed by atoms with Gasteiger partial charge in [-0.1, -0.05) is 174 Å². The fourth-order valence-corrected chi connectivity index (χ4v) is 7.43. The standard InChI is InChI=1S/C45H87NO10/c1-3-5-7-9-11-13-15-17-18-19-20-21-23-25-27-29-31-33-38(49)44(54)46-36(35-55-45-43(53)42(52)41(51)39(34-47)56-45)40(50)37(48)32-30-28-26-24-22-16-14-12-10-8-6-4-2/h20-21,36-43,45,47-53H,3-19,22-35H2,1-2H3,(H,46,54)/b21-20-. The number of aliphatic hydroxyl groups excluding tert-OH is 7. The Morgan fingerprint density at radius 3 is 1.50 bits per heavy atom. The molecule has 11 heteroatoms. The molecule has 56 heavy (non-hydrogen) atoms. The molecule has 0 bridgehead atoms. The third-order valence-corrected chi connectivity index (χ3v) is 11.3. The summed E-state index contributed by atoms with van der Waals surface area (Å²) in [4.78, 5) is 13.1. The molecule has 0 aromatic heterocycles. The van der Waals surface area contributed by atoms with Crippen LogP contribution in [0.2, 0.25) is 0 Å². The van der Waals surface area contributed by atoms with E-state index >= 15 is 0 Å². The zero-order valence-corrected chi connectivity index (χ0v) is 35.6. The van der Waals surface area contributed by atoms with Crippen molar-refractivity contribution < 1.29 is 50.0 Å². The zero-order chi connectivity index (χ0) is 41.2. The van der Waals surface area contributed by atoms with E-state index in [0.717, 1.165) is 51.4 Å². The topological polar surface area (TPSA) is 189 Å². The summed E-state index contributed by atoms with van der Waals surface area (Å²) in [7, 11) is 0. The minimum absolute atomic E-state index is 0.248. The maximum atomic E-state index is 13.1. The van der Waals surface area contributed by atoms with Crippen LogP contribution in [-0.2, 0) is 14.3 Å². The van der Waals surface area contributed by atoms with Crippen molar-refractivity contribution in [1.29, 1.82) is 0 Å². The number of hydrogen-bond acceptors (Lipinski definition) is 10. The molecular weight excluding hydrogens is 714 g/mol. The molecular formula is C45H87NO10. The Bertz CT molecular complexity index is 923. The van der Waals surface area contributed by atoms with Gasteiger partial charge in [0.2, 0.25) is 5.91 Å². The van der Waals surface area contributed by atoms with E-state index in [0.29, 0.717) is 19.3 Å². The molecule has 1 amide bonds. The first kappa shape index (κ1) is 52.9. The summed E-state index contributed by atoms with van der Waals surface area (Å²) in [6.07, 6.45) is 25.4. The molecule has 1 rings (SSSR count). The third kappa shape index (κ3) is 25.4. The lowest BCUT2D eigenvalue weighted by atomic mass is 9.98. The van der Waals surface area contributed by atoms with Crippen LogP contribution >= 0.6 is 0 Å². The second kappa shape index (κ2) is 35.8. The first-order valence-corrected chi connectivity index (χ1v) is 23.1. The van der Waals surface area contributed by atoms with Crippen LogP contribution in [0.4, 0.5) is 0 Å². The first-order valence-electron chi connectivity index (χ1n) is 23.1. The van der Waals surface area contributed by atoms with Crippen molar-refractivity contribution in [2.45, 2.75) is 255 Å². The summed E-state index contributed by atoms with van der Waals surface area (Å²) in [6, 6.07) is -1.17. The average molecular weight is 802 g/mol. The molecule has 1 aliphatic rings. The van der Waals surface area contributed by atoms with Crippen molar-refractivity contribution >= 4 is 5.91 Å². The first-order chi connectivity index (χ1) is 27.2. The summed E-state index contributed by atoms with van der Waals surface area (Å²) >= 11 is 0. The van der Waals surface area contributed by atoms with Crippen LogP contribution in [0.5, 0.6) is 0 Å². The number of carbonyl (C=O) groups excluding carboxylic acids is 1. The van der Waals surface area contributed by atoms with E-state index in [-0.39, 0.29) is 6.42 Å². The third-order valence-electron chi connectivity index (χ3n) is 11.3. The number of rotatable bonds is 38. The highest BCUT2D eigenvalue weighted by molar-refractivity contribution is 5.80. The van der Waals surface area contributed by atoms with Gasteiger partial charge in [-0.25, -0.2) is 0 Å². The lowest BCUT2D eigenvalue weighted by molar-refractivity contribution is -0.303. The number of allylic oxidation sites excluding steroid dienone is 2. The van der Waals surface area contributed by atoms with Gasteiger partial charge in [-0.2, -0.15) is 0 Å². The second-order valence-electron chi connectivity index (χ2n) is 16.5. The van der Waals surface area contributed by atoms with Gasteiger partial charge < -0.3 is 50.5 Å². The predicted octanol–water partition coefficient (Wildman–Crippen LogP) is 7.28. The van der Waals surface area contributed by atoms with E-state index in [1.54, 1.807) is 0 Å². The number of ether oxygens (including phenoxy) is 2. The highest BCUT2D eigenvalue weighted by Gasteiger charge is 2.44. The monoisotopic (exact) mass is 802 g/mol. The van der Waals surface area contributed by atoms with Crippen molar-refractivity contribution in [3.63, 3.8) is 0 Å². The predicted molar refractivity (Wildman–Crippen MR) is 224 cm³/mol. The van der Waals surface area contributed by atoms with Gasteiger partial charge in [-0.05, 0) is 38.5 Å². The molecule has 8 N–H and O–H groups in total. The molecule has 1 fully saturated rings. The number of aliphatic hydroxyl groups is 7. The fourth-order valence-electron chi connectivity index (χ4n) is 7.43. The lowest BCUT2D eigenvalue weighted by Crippen LogP contribution is -2.60. The van der Waals surface area contributed by atoms with E-state index in [2.05, 4.69) is 31.3 Å². The highest BCUT2D eigenvalue weighted by atomic mass is 16.7. The molecule has 0 aromatic rings. The number of nitrogens with one attached hydrogen (secondary N) is 1. The van der Waals surface area contributed by atoms with Crippen LogP contribution in [0, 0.1) is 0 Å². The zero-order valence-electron chi connectivity index (χ0n) is 35.6. The van der Waals surface area contributed by atoms with Crippen LogP contribution in [-0.4, -0.2) is 110 Å². The molecule has 9 unspecified atom stereocenters. The summed E-state index contributed by atoms with van der Waals surface area (Å²) in [5.74, 6) is -0.705. The van der Waals surface area contributed by atoms with Gasteiger partial charge >= 0.3 is 0 Å². The van der Waals surface area contributed by atoms with E-state index in [1.165, 1.54) is 109 Å². The molecule has 9 atom stereocenters. The Kier molecular flexibility index (Phi) is 33.8. The van der Waals surface area contributed by atoms with E-state index in [9.17, 15) is 40.5 Å². The maximum absolute atomic E-state index is 13.1. The van der Waals surface area contributed by atoms with Crippen molar-refractivity contribution in [2.24, 2.45) is 0 Å². The quantitative estimate of drug-likeness (QED) is 0.0233. The molecule has 0 aliphatic carbocycles. The largest absolute Gasteiger partial charge is 0.394 e. The Morgan fingerprint density at radius 1 is 0.607 bits per heavy atom. The summed E-state index contributed by atoms with van der Waals surface area (Å²) in [6.45, 7) is 3.42. The normalized spacial score (nSPS) is 22.3. The van der Waals surface area contributed by atoms with Gasteiger partial charge in [-0.3, -0.25) is 4.79 Å². The Morgan fingerprint density at radius 2 is 1.04 bits per heavy atom. The number of carbonyl (C=O) groups is 1. The van der Waals surface area contributed by atoms with Crippen LogP contribution in [0.3, 0.4) is 0 Å². The minimum Gasteiger partial charge on any atom is -0.394 e. The van der Waals surface area contributed by atoms with E-state index in [4.69, 9.17) is 9.47 Å². The Labute approximate surface area is 341 Å². The van der Waals surface area contributed by atoms with Crippen molar-refractivity contribution in [2.75, 3.05) is 13.2 Å². The SMILES string of the molecule is CCCCCCCCCCC/C=C\CCCCCCC(O)C(=O)NC(COC1OC(CO)C(O)C(O)C1O)C(O)C(O)CCCCCCCCCCCCCC. The number of unbranched alkanes of at least 4 members (excludes halogenated alkanes) is 24. The average Bonchev–Trinajstić information content (AvgIpc) is 3.20. The van der Waals surface area contributed by atoms with Crippen LogP contribution in [0.15, 0.2) is 12.2 Å². The molecule has 1 aliphatic heterocycles. The molecule has 11 nitrogen and oxygen atoms in total. The van der Waals surface area contributed by atoms with Crippen molar-refractivity contribution in [3.05, 3.63) is 12.2 Å². The van der Waals surface area contributed by atoms with Crippen molar-refractivity contribution in [1.82, 2.24) is 5.32 Å². The van der Waals surface area contributed by atoms with Crippen LogP contribution < -0.4 is 5.32 Å². The van der Waals surface area contributed by atoms with Gasteiger partial charge in [0, 0.05) is 0 Å². The lowest BCUT2D eigenvalue weighted by Gasteiger charge is -2.40. The van der Waals surface area contributed by atoms with Crippen LogP contribution in [0.1, 0.15) is 200 Å². The molecule has 0 aromatic carbocycles. The summed E-state index contributed by atoms with van der Waals surface area (Å²) in [5.41, 5.74) is 0.